The average Bonchev–Trinajstić information content (AvgIpc) is 2.82. The van der Waals surface area contributed by atoms with Crippen molar-refractivity contribution >= 4 is 44.5 Å². The first-order chi connectivity index (χ1) is 14.9. The zero-order chi connectivity index (χ0) is 19.9. The second-order valence-corrected chi connectivity index (χ2v) is 7.80. The van der Waals surface area contributed by atoms with Crippen molar-refractivity contribution in [2.24, 2.45) is 0 Å². The molecule has 0 saturated heterocycles. The molecule has 0 aliphatic heterocycles. The van der Waals surface area contributed by atoms with Gasteiger partial charge in [0.25, 0.3) is 0 Å². The van der Waals surface area contributed by atoms with E-state index in [1.807, 2.05) is 0 Å². The van der Waals surface area contributed by atoms with Crippen molar-refractivity contribution in [3.8, 4) is 11.1 Å². The van der Waals surface area contributed by atoms with Crippen LogP contribution in [-0.4, -0.2) is 0 Å². The van der Waals surface area contributed by atoms with Crippen molar-refractivity contribution in [3.05, 3.63) is 120 Å². The minimum Gasteiger partial charge on any atom is -0.0622 e. The van der Waals surface area contributed by atoms with Crippen molar-refractivity contribution in [1.29, 1.82) is 0 Å². The zero-order valence-corrected chi connectivity index (χ0v) is 16.5. The molecule has 0 unspecified atom stereocenters. The maximum atomic E-state index is 2.27. The topological polar surface area (TPSA) is 0 Å². The van der Waals surface area contributed by atoms with Gasteiger partial charge in [0.15, 0.2) is 0 Å². The van der Waals surface area contributed by atoms with Crippen molar-refractivity contribution in [3.63, 3.8) is 0 Å². The smallest absolute Gasteiger partial charge is 0.00208 e. The molecular formula is C30H20. The molecule has 0 aliphatic rings. The largest absolute Gasteiger partial charge is 0.0622 e. The van der Waals surface area contributed by atoms with E-state index in [9.17, 15) is 0 Å². The molecule has 0 radical (unpaired) electrons. The molecule has 0 nitrogen and oxygen atoms in total. The van der Waals surface area contributed by atoms with E-state index < -0.39 is 0 Å². The molecule has 6 aromatic rings. The molecule has 0 amide bonds. The van der Waals surface area contributed by atoms with Crippen molar-refractivity contribution < 1.29 is 0 Å². The summed E-state index contributed by atoms with van der Waals surface area (Å²) in [6.45, 7) is 0. The van der Waals surface area contributed by atoms with E-state index in [1.165, 1.54) is 54.6 Å². The van der Waals surface area contributed by atoms with Gasteiger partial charge in [-0.1, -0.05) is 121 Å². The fourth-order valence-corrected chi connectivity index (χ4v) is 4.61. The number of hydrogen-bond donors (Lipinski definition) is 0. The summed E-state index contributed by atoms with van der Waals surface area (Å²) in [5.74, 6) is 0. The summed E-state index contributed by atoms with van der Waals surface area (Å²) in [4.78, 5) is 0. The van der Waals surface area contributed by atoms with Gasteiger partial charge in [-0.25, -0.2) is 0 Å². The molecule has 0 N–H and O–H groups in total. The number of benzene rings is 6. The quantitative estimate of drug-likeness (QED) is 0.213. The molecule has 0 spiro atoms. The van der Waals surface area contributed by atoms with Crippen LogP contribution in [0.3, 0.4) is 0 Å². The SMILES string of the molecule is C(=Cc1ccc2ccc3cccc4ccc1c2c34)c1ccccc1-c1ccccc1. The van der Waals surface area contributed by atoms with Crippen LogP contribution >= 0.6 is 0 Å². The molecule has 6 aromatic carbocycles. The molecule has 0 bridgehead atoms. The van der Waals surface area contributed by atoms with Gasteiger partial charge in [-0.15, -0.1) is 0 Å². The van der Waals surface area contributed by atoms with Crippen LogP contribution < -0.4 is 0 Å². The minimum atomic E-state index is 1.23. The van der Waals surface area contributed by atoms with Gasteiger partial charge in [-0.2, -0.15) is 0 Å². The van der Waals surface area contributed by atoms with Crippen LogP contribution in [0, 0.1) is 0 Å². The molecule has 6 rings (SSSR count). The summed E-state index contributed by atoms with van der Waals surface area (Å²) in [5.41, 5.74) is 4.98. The lowest BCUT2D eigenvalue weighted by atomic mass is 9.91. The Labute approximate surface area is 176 Å². The fraction of sp³-hybridized carbons (Fsp3) is 0. The molecule has 0 heteroatoms. The summed E-state index contributed by atoms with van der Waals surface area (Å²) >= 11 is 0. The van der Waals surface area contributed by atoms with E-state index in [4.69, 9.17) is 0 Å². The highest BCUT2D eigenvalue weighted by Crippen LogP contribution is 2.36. The van der Waals surface area contributed by atoms with Gasteiger partial charge in [0.1, 0.15) is 0 Å². The monoisotopic (exact) mass is 380 g/mol. The zero-order valence-electron chi connectivity index (χ0n) is 16.5. The first-order valence-corrected chi connectivity index (χ1v) is 10.4. The first kappa shape index (κ1) is 17.0. The Hall–Kier alpha value is -3.90. The van der Waals surface area contributed by atoms with Gasteiger partial charge >= 0.3 is 0 Å². The van der Waals surface area contributed by atoms with Crippen molar-refractivity contribution in [2.75, 3.05) is 0 Å². The molecule has 0 aliphatic carbocycles. The van der Waals surface area contributed by atoms with Crippen LogP contribution in [0.1, 0.15) is 11.1 Å². The van der Waals surface area contributed by atoms with Crippen LogP contribution in [0.4, 0.5) is 0 Å². The van der Waals surface area contributed by atoms with Gasteiger partial charge in [0, 0.05) is 0 Å². The molecule has 30 heavy (non-hydrogen) atoms. The average molecular weight is 380 g/mol. The lowest BCUT2D eigenvalue weighted by Gasteiger charge is -2.12. The van der Waals surface area contributed by atoms with Crippen molar-refractivity contribution in [1.82, 2.24) is 0 Å². The molecule has 0 saturated carbocycles. The van der Waals surface area contributed by atoms with Crippen LogP contribution in [0.15, 0.2) is 109 Å². The summed E-state index contributed by atoms with van der Waals surface area (Å²) in [5, 5.41) is 7.96. The highest BCUT2D eigenvalue weighted by atomic mass is 14.1. The summed E-state index contributed by atoms with van der Waals surface area (Å²) in [7, 11) is 0. The Morgan fingerprint density at radius 1 is 0.400 bits per heavy atom. The molecule has 0 atom stereocenters. The maximum Gasteiger partial charge on any atom is -0.00208 e. The molecular weight excluding hydrogens is 360 g/mol. The van der Waals surface area contributed by atoms with Crippen LogP contribution in [0.2, 0.25) is 0 Å². The van der Waals surface area contributed by atoms with Crippen LogP contribution in [-0.2, 0) is 0 Å². The second kappa shape index (κ2) is 6.86. The fourth-order valence-electron chi connectivity index (χ4n) is 4.61. The normalized spacial score (nSPS) is 11.9. The van der Waals surface area contributed by atoms with E-state index in [1.54, 1.807) is 0 Å². The van der Waals surface area contributed by atoms with E-state index in [0.29, 0.717) is 0 Å². The summed E-state index contributed by atoms with van der Waals surface area (Å²) in [6, 6.07) is 39.2. The van der Waals surface area contributed by atoms with Gasteiger partial charge in [0.05, 0.1) is 0 Å². The lowest BCUT2D eigenvalue weighted by Crippen LogP contribution is -1.86. The highest BCUT2D eigenvalue weighted by molar-refractivity contribution is 6.24. The highest BCUT2D eigenvalue weighted by Gasteiger charge is 2.09. The summed E-state index contributed by atoms with van der Waals surface area (Å²) in [6.07, 6.45) is 4.50. The van der Waals surface area contributed by atoms with Gasteiger partial charge in [-0.05, 0) is 54.6 Å². The molecule has 0 aromatic heterocycles. The Morgan fingerprint density at radius 2 is 1.03 bits per heavy atom. The first-order valence-electron chi connectivity index (χ1n) is 10.4. The minimum absolute atomic E-state index is 1.23. The summed E-state index contributed by atoms with van der Waals surface area (Å²) < 4.78 is 0. The van der Waals surface area contributed by atoms with E-state index in [-0.39, 0.29) is 0 Å². The third kappa shape index (κ3) is 2.69. The Kier molecular flexibility index (Phi) is 3.89. The van der Waals surface area contributed by atoms with Crippen molar-refractivity contribution in [2.45, 2.75) is 0 Å². The molecule has 0 heterocycles. The Balaban J connectivity index is 1.53. The van der Waals surface area contributed by atoms with Gasteiger partial charge in [-0.3, -0.25) is 0 Å². The lowest BCUT2D eigenvalue weighted by molar-refractivity contribution is 1.59. The van der Waals surface area contributed by atoms with E-state index >= 15 is 0 Å². The number of rotatable bonds is 3. The molecule has 140 valence electrons. The maximum absolute atomic E-state index is 2.27. The third-order valence-corrected chi connectivity index (χ3v) is 6.05. The second-order valence-electron chi connectivity index (χ2n) is 7.80. The van der Waals surface area contributed by atoms with Crippen LogP contribution in [0.25, 0.3) is 55.6 Å². The number of hydrogen-bond acceptors (Lipinski definition) is 0. The standard InChI is InChI=1S/C30H20/c1-2-7-21(8-3-1)27-12-5-4-9-22(27)13-14-23-15-16-26-18-17-24-10-6-11-25-19-20-28(23)30(26)29(24)25/h1-20H. The van der Waals surface area contributed by atoms with Gasteiger partial charge in [0.2, 0.25) is 0 Å². The Morgan fingerprint density at radius 3 is 1.87 bits per heavy atom. The van der Waals surface area contributed by atoms with E-state index in [0.717, 1.165) is 0 Å². The Bertz CT molecular complexity index is 1500. The predicted molar refractivity (Wildman–Crippen MR) is 131 cm³/mol. The third-order valence-electron chi connectivity index (χ3n) is 6.05. The molecule has 0 fully saturated rings. The van der Waals surface area contributed by atoms with Gasteiger partial charge < -0.3 is 0 Å². The predicted octanol–water partition coefficient (Wildman–Crippen LogP) is 8.42. The van der Waals surface area contributed by atoms with E-state index in [2.05, 4.69) is 121 Å². The van der Waals surface area contributed by atoms with Crippen LogP contribution in [0.5, 0.6) is 0 Å².